The lowest BCUT2D eigenvalue weighted by molar-refractivity contribution is 0.00578. The van der Waals surface area contributed by atoms with E-state index in [4.69, 9.17) is 14.0 Å². The van der Waals surface area contributed by atoms with Gasteiger partial charge in [-0.3, -0.25) is 4.72 Å². The number of ether oxygens (including phenoxy) is 1. The van der Waals surface area contributed by atoms with Crippen LogP contribution in [0.25, 0.3) is 0 Å². The van der Waals surface area contributed by atoms with Crippen LogP contribution in [0.4, 0.5) is 5.69 Å². The van der Waals surface area contributed by atoms with Crippen molar-refractivity contribution in [2.24, 2.45) is 0 Å². The fraction of sp³-hybridized carbons (Fsp3) is 0.421. The van der Waals surface area contributed by atoms with Crippen molar-refractivity contribution >= 4 is 28.3 Å². The molecule has 0 bridgehead atoms. The molecule has 1 saturated heterocycles. The van der Waals surface area contributed by atoms with Gasteiger partial charge in [0.1, 0.15) is 5.69 Å². The predicted octanol–water partition coefficient (Wildman–Crippen LogP) is 2.50. The van der Waals surface area contributed by atoms with Gasteiger partial charge < -0.3 is 14.0 Å². The van der Waals surface area contributed by atoms with E-state index in [2.05, 4.69) is 9.71 Å². The molecule has 0 saturated carbocycles. The first kappa shape index (κ1) is 20.6. The molecule has 28 heavy (non-hydrogen) atoms. The molecule has 0 atom stereocenters. The van der Waals surface area contributed by atoms with Gasteiger partial charge in [0.25, 0.3) is 10.0 Å². The summed E-state index contributed by atoms with van der Waals surface area (Å²) in [5, 5.41) is 0. The molecule has 7 nitrogen and oxygen atoms in total. The summed E-state index contributed by atoms with van der Waals surface area (Å²) in [6.45, 7) is 9.54. The number of nitrogens with one attached hydrogen (secondary N) is 1. The highest BCUT2D eigenvalue weighted by molar-refractivity contribution is 7.92. The van der Waals surface area contributed by atoms with Crippen LogP contribution in [0.3, 0.4) is 0 Å². The predicted molar refractivity (Wildman–Crippen MR) is 108 cm³/mol. The van der Waals surface area contributed by atoms with Gasteiger partial charge in [-0.1, -0.05) is 18.2 Å². The summed E-state index contributed by atoms with van der Waals surface area (Å²) in [6.07, 6.45) is 1.56. The van der Waals surface area contributed by atoms with E-state index in [0.29, 0.717) is 11.0 Å². The molecular weight excluding hydrogens is 379 g/mol. The van der Waals surface area contributed by atoms with Gasteiger partial charge in [0.2, 0.25) is 5.88 Å². The fourth-order valence-electron chi connectivity index (χ4n) is 2.87. The SMILES string of the molecule is COc1ncc(B2OC(C)(C)C(C)(C)O2)cc1NS(=O)(=O)c1ccccc1C. The lowest BCUT2D eigenvalue weighted by Gasteiger charge is -2.32. The normalized spacial score (nSPS) is 18.1. The lowest BCUT2D eigenvalue weighted by Crippen LogP contribution is -2.41. The number of pyridine rings is 1. The monoisotopic (exact) mass is 404 g/mol. The van der Waals surface area contributed by atoms with E-state index < -0.39 is 28.3 Å². The molecule has 150 valence electrons. The van der Waals surface area contributed by atoms with Gasteiger partial charge in [-0.2, -0.15) is 0 Å². The average molecular weight is 404 g/mol. The highest BCUT2D eigenvalue weighted by atomic mass is 32.2. The molecule has 0 radical (unpaired) electrons. The standard InChI is InChI=1S/C19H25BN2O5S/c1-13-9-7-8-10-16(13)28(23,24)22-15-11-14(12-21-17(15)25-6)20-26-18(2,3)19(4,5)27-20/h7-12,22H,1-6H3. The molecule has 0 spiro atoms. The Morgan fingerprint density at radius 1 is 1.11 bits per heavy atom. The molecule has 1 aromatic heterocycles. The van der Waals surface area contributed by atoms with Crippen LogP contribution in [0.2, 0.25) is 0 Å². The van der Waals surface area contributed by atoms with Crippen LogP contribution in [0.1, 0.15) is 33.3 Å². The second-order valence-corrected chi connectivity index (χ2v) is 9.44. The van der Waals surface area contributed by atoms with Crippen molar-refractivity contribution in [2.75, 3.05) is 11.8 Å². The number of nitrogens with zero attached hydrogens (tertiary/aromatic N) is 1. The van der Waals surface area contributed by atoms with Gasteiger partial charge in [-0.25, -0.2) is 13.4 Å². The first-order valence-corrected chi connectivity index (χ1v) is 10.4. The Labute approximate surface area is 166 Å². The number of methoxy groups -OCH3 is 1. The molecule has 1 aliphatic heterocycles. The molecule has 3 rings (SSSR count). The summed E-state index contributed by atoms with van der Waals surface area (Å²) >= 11 is 0. The van der Waals surface area contributed by atoms with Crippen LogP contribution in [0.5, 0.6) is 5.88 Å². The number of aryl methyl sites for hydroxylation is 1. The second-order valence-electron chi connectivity index (χ2n) is 7.78. The highest BCUT2D eigenvalue weighted by Crippen LogP contribution is 2.37. The minimum Gasteiger partial charge on any atom is -0.480 e. The zero-order chi connectivity index (χ0) is 20.7. The number of anilines is 1. The third kappa shape index (κ3) is 3.74. The Hall–Kier alpha value is -2.10. The Balaban J connectivity index is 1.96. The van der Waals surface area contributed by atoms with E-state index >= 15 is 0 Å². The van der Waals surface area contributed by atoms with E-state index in [1.54, 1.807) is 43.5 Å². The maximum absolute atomic E-state index is 12.9. The van der Waals surface area contributed by atoms with Crippen molar-refractivity contribution in [1.29, 1.82) is 0 Å². The number of aromatic nitrogens is 1. The first-order chi connectivity index (χ1) is 13.0. The smallest absolute Gasteiger partial charge is 0.480 e. The molecule has 1 N–H and O–H groups in total. The van der Waals surface area contributed by atoms with Gasteiger partial charge in [0, 0.05) is 11.7 Å². The van der Waals surface area contributed by atoms with Crippen LogP contribution in [-0.2, 0) is 19.3 Å². The highest BCUT2D eigenvalue weighted by Gasteiger charge is 2.52. The Morgan fingerprint density at radius 3 is 2.29 bits per heavy atom. The molecule has 2 heterocycles. The van der Waals surface area contributed by atoms with Gasteiger partial charge in [0.15, 0.2) is 0 Å². The summed E-state index contributed by atoms with van der Waals surface area (Å²) in [5.74, 6) is 0.164. The van der Waals surface area contributed by atoms with E-state index in [1.807, 2.05) is 27.7 Å². The third-order valence-electron chi connectivity index (χ3n) is 5.22. The molecule has 0 aliphatic carbocycles. The summed E-state index contributed by atoms with van der Waals surface area (Å²) in [5.41, 5.74) is 0.431. The van der Waals surface area contributed by atoms with Gasteiger partial charge in [0.05, 0.1) is 23.2 Å². The number of rotatable bonds is 5. The minimum atomic E-state index is -3.81. The van der Waals surface area contributed by atoms with E-state index in [-0.39, 0.29) is 16.5 Å². The van der Waals surface area contributed by atoms with Crippen molar-refractivity contribution < 1.29 is 22.5 Å². The van der Waals surface area contributed by atoms with Crippen LogP contribution >= 0.6 is 0 Å². The summed E-state index contributed by atoms with van der Waals surface area (Å²) < 4.78 is 45.6. The van der Waals surface area contributed by atoms with Gasteiger partial charge >= 0.3 is 7.12 Å². The zero-order valence-corrected chi connectivity index (χ0v) is 17.8. The molecule has 9 heteroatoms. The zero-order valence-electron chi connectivity index (χ0n) is 16.9. The third-order valence-corrected chi connectivity index (χ3v) is 6.74. The molecular formula is C19H25BN2O5S. The van der Waals surface area contributed by atoms with Gasteiger partial charge in [-0.05, 0) is 52.3 Å². The number of benzene rings is 1. The summed E-state index contributed by atoms with van der Waals surface area (Å²) in [6, 6.07) is 8.39. The Kier molecular flexibility index (Phi) is 5.20. The summed E-state index contributed by atoms with van der Waals surface area (Å²) in [4.78, 5) is 4.42. The van der Waals surface area contributed by atoms with Crippen LogP contribution < -0.4 is 14.9 Å². The molecule has 1 fully saturated rings. The van der Waals surface area contributed by atoms with E-state index in [1.165, 1.54) is 7.11 Å². The fourth-order valence-corrected chi connectivity index (χ4v) is 4.17. The molecule has 0 amide bonds. The Morgan fingerprint density at radius 2 is 1.71 bits per heavy atom. The van der Waals surface area contributed by atoms with E-state index in [0.717, 1.165) is 0 Å². The van der Waals surface area contributed by atoms with Crippen LogP contribution in [0, 0.1) is 6.92 Å². The maximum atomic E-state index is 12.9. The van der Waals surface area contributed by atoms with Crippen molar-refractivity contribution in [3.8, 4) is 5.88 Å². The number of hydrogen-bond donors (Lipinski definition) is 1. The molecule has 1 aromatic carbocycles. The maximum Gasteiger partial charge on any atom is 0.496 e. The molecule has 0 unspecified atom stereocenters. The largest absolute Gasteiger partial charge is 0.496 e. The van der Waals surface area contributed by atoms with Crippen molar-refractivity contribution in [3.05, 3.63) is 42.1 Å². The van der Waals surface area contributed by atoms with Gasteiger partial charge in [-0.15, -0.1) is 0 Å². The first-order valence-electron chi connectivity index (χ1n) is 8.95. The second kappa shape index (κ2) is 7.06. The molecule has 1 aliphatic rings. The van der Waals surface area contributed by atoms with E-state index in [9.17, 15) is 8.42 Å². The Bertz CT molecular complexity index is 976. The average Bonchev–Trinajstić information content (AvgIpc) is 2.82. The quantitative estimate of drug-likeness (QED) is 0.771. The number of hydrogen-bond acceptors (Lipinski definition) is 6. The van der Waals surface area contributed by atoms with Crippen LogP contribution in [0.15, 0.2) is 41.4 Å². The van der Waals surface area contributed by atoms with Crippen molar-refractivity contribution in [3.63, 3.8) is 0 Å². The minimum absolute atomic E-state index is 0.164. The lowest BCUT2D eigenvalue weighted by atomic mass is 9.80. The number of sulfonamides is 1. The van der Waals surface area contributed by atoms with Crippen molar-refractivity contribution in [1.82, 2.24) is 4.98 Å². The topological polar surface area (TPSA) is 86.8 Å². The van der Waals surface area contributed by atoms with Crippen molar-refractivity contribution in [2.45, 2.75) is 50.7 Å². The summed E-state index contributed by atoms with van der Waals surface area (Å²) in [7, 11) is -3.04. The molecule has 2 aromatic rings. The van der Waals surface area contributed by atoms with Crippen LogP contribution in [-0.4, -0.2) is 38.8 Å².